The highest BCUT2D eigenvalue weighted by molar-refractivity contribution is 5.71. The fourth-order valence-corrected chi connectivity index (χ4v) is 10.1. The fourth-order valence-electron chi connectivity index (χ4n) is 10.1. The van der Waals surface area contributed by atoms with Crippen LogP contribution in [0.25, 0.3) is 0 Å². The Hall–Kier alpha value is -2.89. The van der Waals surface area contributed by atoms with Gasteiger partial charge in [-0.2, -0.15) is 0 Å². The topological polar surface area (TPSA) is 78.9 Å². The summed E-state index contributed by atoms with van der Waals surface area (Å²) < 4.78 is 16.8. The van der Waals surface area contributed by atoms with Crippen LogP contribution in [0.2, 0.25) is 0 Å². The van der Waals surface area contributed by atoms with Crippen LogP contribution in [-0.4, -0.2) is 37.2 Å². The van der Waals surface area contributed by atoms with Gasteiger partial charge in [-0.3, -0.25) is 14.4 Å². The summed E-state index contributed by atoms with van der Waals surface area (Å²) in [5.74, 6) is -0.930. The molecule has 0 saturated carbocycles. The van der Waals surface area contributed by atoms with Crippen LogP contribution in [0.5, 0.6) is 0 Å². The molecule has 78 heavy (non-hydrogen) atoms. The minimum atomic E-state index is -0.798. The smallest absolute Gasteiger partial charge is 0.306 e. The van der Waals surface area contributed by atoms with Gasteiger partial charge in [-0.05, 0) is 77.0 Å². The molecule has 0 N–H and O–H groups in total. The van der Waals surface area contributed by atoms with E-state index in [1.165, 1.54) is 218 Å². The van der Waals surface area contributed by atoms with Gasteiger partial charge in [0.2, 0.25) is 0 Å². The highest BCUT2D eigenvalue weighted by atomic mass is 16.6. The Kier molecular flexibility index (Phi) is 64.2. The van der Waals surface area contributed by atoms with Crippen molar-refractivity contribution in [3.63, 3.8) is 0 Å². The molecule has 454 valence electrons. The number of rotatable bonds is 63. The highest BCUT2D eigenvalue weighted by Gasteiger charge is 2.19. The number of unbranched alkanes of at least 4 members (excludes halogenated alkanes) is 42. The molecule has 0 aliphatic heterocycles. The van der Waals surface area contributed by atoms with Gasteiger partial charge in [0.25, 0.3) is 0 Å². The number of ether oxygens (including phenoxy) is 3. The van der Waals surface area contributed by atoms with Gasteiger partial charge in [-0.25, -0.2) is 0 Å². The molecule has 0 fully saturated rings. The van der Waals surface area contributed by atoms with E-state index in [9.17, 15) is 14.4 Å². The predicted octanol–water partition coefficient (Wildman–Crippen LogP) is 23.5. The van der Waals surface area contributed by atoms with Gasteiger partial charge in [-0.1, -0.05) is 326 Å². The van der Waals surface area contributed by atoms with Gasteiger partial charge >= 0.3 is 17.9 Å². The molecule has 0 heterocycles. The second-order valence-electron chi connectivity index (χ2n) is 23.1. The highest BCUT2D eigenvalue weighted by Crippen LogP contribution is 2.18. The van der Waals surface area contributed by atoms with E-state index in [-0.39, 0.29) is 37.5 Å². The number of esters is 3. The quantitative estimate of drug-likeness (QED) is 0.0261. The molecule has 0 rings (SSSR count). The van der Waals surface area contributed by atoms with Crippen molar-refractivity contribution in [1.29, 1.82) is 0 Å². The predicted molar refractivity (Wildman–Crippen MR) is 339 cm³/mol. The molecule has 0 amide bonds. The molecule has 0 aliphatic rings. The second kappa shape index (κ2) is 66.6. The van der Waals surface area contributed by atoms with Crippen molar-refractivity contribution in [2.24, 2.45) is 0 Å². The Morgan fingerprint density at radius 1 is 0.269 bits per heavy atom. The van der Waals surface area contributed by atoms with E-state index >= 15 is 0 Å². The van der Waals surface area contributed by atoms with Gasteiger partial charge in [0, 0.05) is 19.3 Å². The summed E-state index contributed by atoms with van der Waals surface area (Å²) in [6, 6.07) is 0. The second-order valence-corrected chi connectivity index (χ2v) is 23.1. The van der Waals surface area contributed by atoms with Gasteiger partial charge in [-0.15, -0.1) is 0 Å². The zero-order valence-electron chi connectivity index (χ0n) is 52.2. The first-order valence-corrected chi connectivity index (χ1v) is 34.3. The lowest BCUT2D eigenvalue weighted by molar-refractivity contribution is -0.167. The maximum atomic E-state index is 12.8. The van der Waals surface area contributed by atoms with Crippen LogP contribution < -0.4 is 0 Å². The molecule has 0 aromatic carbocycles. The third-order valence-corrected chi connectivity index (χ3v) is 15.2. The Bertz CT molecular complexity index is 1390. The van der Waals surface area contributed by atoms with Gasteiger partial charge in [0.1, 0.15) is 13.2 Å². The molecule has 1 unspecified atom stereocenters. The van der Waals surface area contributed by atoms with E-state index in [2.05, 4.69) is 81.5 Å². The van der Waals surface area contributed by atoms with Crippen molar-refractivity contribution in [3.05, 3.63) is 60.8 Å². The Labute approximate surface area is 485 Å². The standard InChI is InChI=1S/C72H130O6/c1-4-7-10-13-16-19-22-24-26-27-28-29-30-31-32-33-34-35-36-37-38-39-40-41-42-43-44-45-47-48-50-53-56-59-62-65-71(74)77-68-69(67-76-70(73)64-61-58-55-52-21-18-15-12-9-6-3)78-72(75)66-63-60-57-54-51-49-46-25-23-20-17-14-11-8-5-2/h8,11-12,15,17,20,25,46,51,54,69H,4-7,9-10,13-14,16,18-19,21-24,26-45,47-50,52-53,55-68H2,1-3H3/b11-8-,15-12-,20-17-,46-25-,54-51-. The van der Waals surface area contributed by atoms with Crippen molar-refractivity contribution in [2.45, 2.75) is 367 Å². The molecule has 1 atom stereocenters. The lowest BCUT2D eigenvalue weighted by atomic mass is 10.0. The van der Waals surface area contributed by atoms with E-state index < -0.39 is 6.10 Å². The van der Waals surface area contributed by atoms with Gasteiger partial charge < -0.3 is 14.2 Å². The van der Waals surface area contributed by atoms with Crippen LogP contribution in [0.3, 0.4) is 0 Å². The first kappa shape index (κ1) is 75.1. The number of hydrogen-bond acceptors (Lipinski definition) is 6. The number of carbonyl (C=O) groups is 3. The molecule has 0 saturated heterocycles. The van der Waals surface area contributed by atoms with E-state index in [0.29, 0.717) is 19.3 Å². The van der Waals surface area contributed by atoms with Crippen LogP contribution in [-0.2, 0) is 28.6 Å². The first-order valence-electron chi connectivity index (χ1n) is 34.3. The molecular weight excluding hydrogens is 961 g/mol. The van der Waals surface area contributed by atoms with E-state index in [1.807, 2.05) is 0 Å². The maximum absolute atomic E-state index is 12.8. The van der Waals surface area contributed by atoms with Crippen molar-refractivity contribution in [2.75, 3.05) is 13.2 Å². The monoisotopic (exact) mass is 1090 g/mol. The minimum absolute atomic E-state index is 0.0911. The number of allylic oxidation sites excluding steroid dienone is 10. The van der Waals surface area contributed by atoms with Crippen LogP contribution in [0.15, 0.2) is 60.8 Å². The largest absolute Gasteiger partial charge is 0.462 e. The van der Waals surface area contributed by atoms with Crippen LogP contribution in [0.1, 0.15) is 361 Å². The van der Waals surface area contributed by atoms with Gasteiger partial charge in [0.05, 0.1) is 0 Å². The number of carbonyl (C=O) groups excluding carboxylic acids is 3. The molecule has 0 aliphatic carbocycles. The average molecular weight is 1090 g/mol. The molecule has 0 spiro atoms. The molecule has 0 bridgehead atoms. The SMILES string of the molecule is CC/C=C\C/C=C\C/C=C\C/C=C\CCCCC(=O)OC(COC(=O)CCCCCCC/C=C\CCC)COC(=O)CCCCCCCCCCCCCCCCCCCCCCCCCCCCCCCCCCCCC. The van der Waals surface area contributed by atoms with Crippen LogP contribution in [0, 0.1) is 0 Å². The average Bonchev–Trinajstić information content (AvgIpc) is 3.44. The first-order chi connectivity index (χ1) is 38.5. The molecule has 6 nitrogen and oxygen atoms in total. The maximum Gasteiger partial charge on any atom is 0.306 e. The van der Waals surface area contributed by atoms with E-state index in [1.54, 1.807) is 0 Å². The van der Waals surface area contributed by atoms with Crippen molar-refractivity contribution >= 4 is 17.9 Å². The van der Waals surface area contributed by atoms with Crippen LogP contribution >= 0.6 is 0 Å². The lowest BCUT2D eigenvalue weighted by Crippen LogP contribution is -2.30. The molecular formula is C72H130O6. The Morgan fingerprint density at radius 2 is 0.526 bits per heavy atom. The van der Waals surface area contributed by atoms with Crippen molar-refractivity contribution in [3.8, 4) is 0 Å². The van der Waals surface area contributed by atoms with Crippen molar-refractivity contribution < 1.29 is 28.6 Å². The summed E-state index contributed by atoms with van der Waals surface area (Å²) in [7, 11) is 0. The summed E-state index contributed by atoms with van der Waals surface area (Å²) >= 11 is 0. The fraction of sp³-hybridized carbons (Fsp3) is 0.819. The Morgan fingerprint density at radius 3 is 0.872 bits per heavy atom. The minimum Gasteiger partial charge on any atom is -0.462 e. The molecule has 6 heteroatoms. The van der Waals surface area contributed by atoms with E-state index in [4.69, 9.17) is 14.2 Å². The molecule has 0 aromatic rings. The third kappa shape index (κ3) is 63.9. The summed E-state index contributed by atoms with van der Waals surface area (Å²) in [4.78, 5) is 38.1. The van der Waals surface area contributed by atoms with E-state index in [0.717, 1.165) is 96.3 Å². The Balaban J connectivity index is 4.01. The summed E-state index contributed by atoms with van der Waals surface area (Å²) in [5, 5.41) is 0. The van der Waals surface area contributed by atoms with Crippen LogP contribution in [0.4, 0.5) is 0 Å². The number of hydrogen-bond donors (Lipinski definition) is 0. The molecule has 0 aromatic heterocycles. The zero-order chi connectivity index (χ0) is 56.4. The lowest BCUT2D eigenvalue weighted by Gasteiger charge is -2.18. The van der Waals surface area contributed by atoms with Gasteiger partial charge in [0.15, 0.2) is 6.10 Å². The van der Waals surface area contributed by atoms with Crippen molar-refractivity contribution in [1.82, 2.24) is 0 Å². The summed E-state index contributed by atoms with van der Waals surface area (Å²) in [6.07, 6.45) is 85.8. The summed E-state index contributed by atoms with van der Waals surface area (Å²) in [6.45, 7) is 6.46. The normalized spacial score (nSPS) is 12.4. The zero-order valence-corrected chi connectivity index (χ0v) is 52.2. The third-order valence-electron chi connectivity index (χ3n) is 15.2. The summed E-state index contributed by atoms with van der Waals surface area (Å²) in [5.41, 5.74) is 0. The molecule has 0 radical (unpaired) electrons.